The van der Waals surface area contributed by atoms with Gasteiger partial charge in [-0.25, -0.2) is 0 Å². The van der Waals surface area contributed by atoms with Crippen LogP contribution >= 0.6 is 0 Å². The van der Waals surface area contributed by atoms with Crippen LogP contribution in [0.2, 0.25) is 0 Å². The molecule has 0 aromatic carbocycles. The molecule has 0 aromatic heterocycles. The molecule has 2 unspecified atom stereocenters. The summed E-state index contributed by atoms with van der Waals surface area (Å²) < 4.78 is 5.23. The highest BCUT2D eigenvalue weighted by Gasteiger charge is 2.72. The number of aliphatic hydroxyl groups is 1. The van der Waals surface area contributed by atoms with Crippen molar-refractivity contribution in [2.24, 2.45) is 56.7 Å². The zero-order valence-electron chi connectivity index (χ0n) is 23.4. The van der Waals surface area contributed by atoms with Crippen LogP contribution in [-0.2, 0) is 14.3 Å². The van der Waals surface area contributed by atoms with E-state index >= 15 is 0 Å². The number of allylic oxidation sites excluding steroid dienone is 2. The van der Waals surface area contributed by atoms with Gasteiger partial charge in [-0.05, 0) is 97.7 Å². The summed E-state index contributed by atoms with van der Waals surface area (Å²) in [7, 11) is 1.41. The number of aliphatic hydroxyl groups excluding tert-OH is 1. The SMILES string of the molecule is COC(=O)C1(C)C2CC[C@]3(C)[C@H](CC=C4[C@@H]5[C@@H](C)[C@H](C)CC[C@]5(C)CC[C@]43C)[C@@]2(C)C(=O)C[C@@H]1O. The Hall–Kier alpha value is -1.16. The lowest BCUT2D eigenvalue weighted by Crippen LogP contribution is -2.69. The van der Waals surface area contributed by atoms with Crippen LogP contribution in [0.15, 0.2) is 11.6 Å². The Balaban J connectivity index is 1.62. The minimum Gasteiger partial charge on any atom is -0.469 e. The average molecular weight is 485 g/mol. The van der Waals surface area contributed by atoms with Gasteiger partial charge in [-0.3, -0.25) is 9.59 Å². The predicted molar refractivity (Wildman–Crippen MR) is 137 cm³/mol. The molecule has 0 spiro atoms. The van der Waals surface area contributed by atoms with Gasteiger partial charge in [-0.1, -0.05) is 53.2 Å². The zero-order valence-corrected chi connectivity index (χ0v) is 23.4. The molecule has 0 bridgehead atoms. The number of hydrogen-bond donors (Lipinski definition) is 1. The molecule has 4 saturated carbocycles. The van der Waals surface area contributed by atoms with E-state index in [-0.39, 0.29) is 40.8 Å². The van der Waals surface area contributed by atoms with Crippen LogP contribution in [-0.4, -0.2) is 30.1 Å². The number of carbonyl (C=O) groups excluding carboxylic acids is 2. The van der Waals surface area contributed by atoms with E-state index in [0.717, 1.165) is 25.2 Å². The van der Waals surface area contributed by atoms with Crippen molar-refractivity contribution in [3.05, 3.63) is 11.6 Å². The molecule has 5 aliphatic rings. The predicted octanol–water partition coefficient (Wildman–Crippen LogP) is 6.36. The lowest BCUT2D eigenvalue weighted by atomic mass is 9.33. The highest BCUT2D eigenvalue weighted by atomic mass is 16.5. The second-order valence-corrected chi connectivity index (χ2v) is 14.5. The maximum absolute atomic E-state index is 13.9. The maximum atomic E-state index is 13.9. The molecular formula is C31H48O4. The highest BCUT2D eigenvalue weighted by molar-refractivity contribution is 5.91. The summed E-state index contributed by atoms with van der Waals surface area (Å²) >= 11 is 0. The van der Waals surface area contributed by atoms with Crippen LogP contribution in [0.5, 0.6) is 0 Å². The van der Waals surface area contributed by atoms with Gasteiger partial charge in [-0.15, -0.1) is 0 Å². The first-order valence-corrected chi connectivity index (χ1v) is 14.2. The van der Waals surface area contributed by atoms with Gasteiger partial charge in [0, 0.05) is 11.8 Å². The Morgan fingerprint density at radius 3 is 2.34 bits per heavy atom. The Labute approximate surface area is 212 Å². The van der Waals surface area contributed by atoms with Gasteiger partial charge in [0.25, 0.3) is 0 Å². The van der Waals surface area contributed by atoms with E-state index in [9.17, 15) is 14.7 Å². The Kier molecular flexibility index (Phi) is 5.59. The van der Waals surface area contributed by atoms with E-state index in [1.54, 1.807) is 5.57 Å². The van der Waals surface area contributed by atoms with Crippen LogP contribution in [0.1, 0.15) is 99.8 Å². The second-order valence-electron chi connectivity index (χ2n) is 14.5. The summed E-state index contributed by atoms with van der Waals surface area (Å²) in [5.74, 6) is 1.81. The summed E-state index contributed by atoms with van der Waals surface area (Å²) in [6.07, 6.45) is 9.42. The Morgan fingerprint density at radius 1 is 1.00 bits per heavy atom. The molecule has 4 nitrogen and oxygen atoms in total. The number of esters is 1. The lowest BCUT2D eigenvalue weighted by molar-refractivity contribution is -0.214. The van der Waals surface area contributed by atoms with Crippen molar-refractivity contribution >= 4 is 11.8 Å². The van der Waals surface area contributed by atoms with E-state index in [2.05, 4.69) is 47.6 Å². The number of rotatable bonds is 1. The standard InChI is InChI=1S/C31H48O4/c1-18-11-13-27(3)15-16-28(4)20(25(27)19(18)2)9-10-21-29(28,5)14-12-22-30(21,6)23(32)17-24(33)31(22,7)26(34)35-8/h9,18-19,21-22,24-25,33H,10-17H2,1-8H3/t18-,19+,21+,22?,24+,25+,27-,28-,29-,30-,31?/m1/s1. The molecule has 11 atom stereocenters. The van der Waals surface area contributed by atoms with Crippen LogP contribution in [0.4, 0.5) is 0 Å². The number of hydrogen-bond acceptors (Lipinski definition) is 4. The van der Waals surface area contributed by atoms with Gasteiger partial charge < -0.3 is 9.84 Å². The molecule has 5 aliphatic carbocycles. The van der Waals surface area contributed by atoms with Crippen LogP contribution in [0.3, 0.4) is 0 Å². The quantitative estimate of drug-likeness (QED) is 0.348. The van der Waals surface area contributed by atoms with E-state index in [0.29, 0.717) is 17.3 Å². The molecule has 0 amide bonds. The van der Waals surface area contributed by atoms with Gasteiger partial charge in [0.05, 0.1) is 18.6 Å². The molecular weight excluding hydrogens is 436 g/mol. The van der Waals surface area contributed by atoms with Crippen molar-refractivity contribution < 1.29 is 19.4 Å². The lowest BCUT2D eigenvalue weighted by Gasteiger charge is -2.70. The normalized spacial score (nSPS) is 55.6. The minimum atomic E-state index is -1.04. The van der Waals surface area contributed by atoms with Gasteiger partial charge in [0.15, 0.2) is 0 Å². The van der Waals surface area contributed by atoms with Gasteiger partial charge in [0.1, 0.15) is 5.78 Å². The van der Waals surface area contributed by atoms with Crippen molar-refractivity contribution in [3.63, 3.8) is 0 Å². The molecule has 4 heteroatoms. The summed E-state index contributed by atoms with van der Waals surface area (Å²) in [5, 5.41) is 11.0. The van der Waals surface area contributed by atoms with Crippen LogP contribution in [0.25, 0.3) is 0 Å². The number of ketones is 1. The number of methoxy groups -OCH3 is 1. The molecule has 0 radical (unpaired) electrons. The highest BCUT2D eigenvalue weighted by Crippen LogP contribution is 2.75. The van der Waals surface area contributed by atoms with Gasteiger partial charge >= 0.3 is 5.97 Å². The topological polar surface area (TPSA) is 63.6 Å². The molecule has 35 heavy (non-hydrogen) atoms. The summed E-state index contributed by atoms with van der Waals surface area (Å²) in [6, 6.07) is 0. The van der Waals surface area contributed by atoms with Crippen molar-refractivity contribution in [1.82, 2.24) is 0 Å². The van der Waals surface area contributed by atoms with Crippen molar-refractivity contribution in [2.75, 3.05) is 7.11 Å². The molecule has 4 fully saturated rings. The van der Waals surface area contributed by atoms with E-state index < -0.39 is 16.9 Å². The third-order valence-corrected chi connectivity index (χ3v) is 13.5. The zero-order chi connectivity index (χ0) is 25.8. The number of Topliss-reactive ketones (excluding diaryl/α,β-unsaturated/α-hetero) is 1. The van der Waals surface area contributed by atoms with Crippen molar-refractivity contribution in [1.29, 1.82) is 0 Å². The third-order valence-electron chi connectivity index (χ3n) is 13.5. The molecule has 5 rings (SSSR count). The Morgan fingerprint density at radius 2 is 1.69 bits per heavy atom. The van der Waals surface area contributed by atoms with E-state index in [4.69, 9.17) is 4.74 Å². The van der Waals surface area contributed by atoms with Gasteiger partial charge in [-0.2, -0.15) is 0 Å². The second kappa shape index (κ2) is 7.68. The summed E-state index contributed by atoms with van der Waals surface area (Å²) in [4.78, 5) is 27.0. The molecule has 0 heterocycles. The first-order chi connectivity index (χ1) is 16.2. The molecule has 0 aromatic rings. The molecule has 1 N–H and O–H groups in total. The molecule has 0 aliphatic heterocycles. The van der Waals surface area contributed by atoms with Gasteiger partial charge in [0.2, 0.25) is 0 Å². The molecule has 196 valence electrons. The smallest absolute Gasteiger partial charge is 0.314 e. The van der Waals surface area contributed by atoms with E-state index in [1.807, 2.05) is 6.92 Å². The van der Waals surface area contributed by atoms with Crippen molar-refractivity contribution in [2.45, 2.75) is 106 Å². The fraction of sp³-hybridized carbons (Fsp3) is 0.871. The summed E-state index contributed by atoms with van der Waals surface area (Å²) in [6.45, 7) is 16.4. The largest absolute Gasteiger partial charge is 0.469 e. The monoisotopic (exact) mass is 484 g/mol. The minimum absolute atomic E-state index is 0.000942. The number of carbonyl (C=O) groups is 2. The Bertz CT molecular complexity index is 969. The average Bonchev–Trinajstić information content (AvgIpc) is 2.81. The first-order valence-electron chi connectivity index (χ1n) is 14.2. The number of ether oxygens (including phenoxy) is 1. The van der Waals surface area contributed by atoms with Crippen LogP contribution < -0.4 is 0 Å². The third kappa shape index (κ3) is 2.90. The van der Waals surface area contributed by atoms with Crippen molar-refractivity contribution in [3.8, 4) is 0 Å². The molecule has 0 saturated heterocycles. The fourth-order valence-corrected chi connectivity index (χ4v) is 10.8. The first kappa shape index (κ1) is 25.5. The van der Waals surface area contributed by atoms with Crippen LogP contribution in [0, 0.1) is 56.7 Å². The van der Waals surface area contributed by atoms with E-state index in [1.165, 1.54) is 32.8 Å². The maximum Gasteiger partial charge on any atom is 0.314 e. The number of fused-ring (bicyclic) bond motifs is 7. The fourth-order valence-electron chi connectivity index (χ4n) is 10.8. The summed E-state index contributed by atoms with van der Waals surface area (Å²) in [5.41, 5.74) is 0.464.